The minimum Gasteiger partial charge on any atom is -0.382 e. The van der Waals surface area contributed by atoms with Crippen molar-refractivity contribution in [2.24, 2.45) is 5.73 Å². The topological polar surface area (TPSA) is 137 Å². The van der Waals surface area contributed by atoms with Gasteiger partial charge >= 0.3 is 0 Å². The van der Waals surface area contributed by atoms with Crippen LogP contribution in [0.3, 0.4) is 0 Å². The van der Waals surface area contributed by atoms with E-state index in [4.69, 9.17) is 16.5 Å². The lowest BCUT2D eigenvalue weighted by molar-refractivity contribution is 0.522. The van der Waals surface area contributed by atoms with Crippen LogP contribution in [0.5, 0.6) is 0 Å². The molecule has 0 aliphatic heterocycles. The molecule has 162 valence electrons. The molecule has 2 heterocycles. The number of aryl methyl sites for hydroxylation is 2. The Morgan fingerprint density at radius 3 is 2.61 bits per heavy atom. The van der Waals surface area contributed by atoms with Crippen molar-refractivity contribution in [1.82, 2.24) is 19.7 Å². The number of sulfonamides is 1. The highest BCUT2D eigenvalue weighted by Gasteiger charge is 2.29. The molecule has 3 aromatic rings. The Labute approximate surface area is 182 Å². The van der Waals surface area contributed by atoms with Crippen LogP contribution in [0.1, 0.15) is 30.5 Å². The first-order valence-corrected chi connectivity index (χ1v) is 11.7. The Kier molecular flexibility index (Phi) is 5.74. The van der Waals surface area contributed by atoms with Crippen LogP contribution in [0.2, 0.25) is 0 Å². The SMILES string of the molecule is Cc1cc(-c2nc(-c3cc(S(=O)(=O)NC4CCCC4N)ccc3C)cnc2N)ccn1. The summed E-state index contributed by atoms with van der Waals surface area (Å²) in [5.41, 5.74) is 16.4. The monoisotopic (exact) mass is 438 g/mol. The molecule has 1 aromatic carbocycles. The molecule has 0 saturated heterocycles. The molecule has 2 atom stereocenters. The highest BCUT2D eigenvalue weighted by atomic mass is 32.2. The Morgan fingerprint density at radius 2 is 1.90 bits per heavy atom. The maximum Gasteiger partial charge on any atom is 0.240 e. The highest BCUT2D eigenvalue weighted by Crippen LogP contribution is 2.30. The molecule has 1 aliphatic rings. The van der Waals surface area contributed by atoms with Crippen molar-refractivity contribution in [2.45, 2.75) is 50.1 Å². The minimum atomic E-state index is -3.71. The molecular formula is C22H26N6O2S. The summed E-state index contributed by atoms with van der Waals surface area (Å²) in [6.07, 6.45) is 5.75. The van der Waals surface area contributed by atoms with Crippen LogP contribution in [0.4, 0.5) is 5.82 Å². The smallest absolute Gasteiger partial charge is 0.240 e. The summed E-state index contributed by atoms with van der Waals surface area (Å²) in [7, 11) is -3.71. The Balaban J connectivity index is 1.73. The quantitative estimate of drug-likeness (QED) is 0.557. The minimum absolute atomic E-state index is 0.158. The first-order valence-electron chi connectivity index (χ1n) is 10.2. The lowest BCUT2D eigenvalue weighted by atomic mass is 10.1. The number of pyridine rings is 1. The Hall–Kier alpha value is -2.88. The molecule has 31 heavy (non-hydrogen) atoms. The van der Waals surface area contributed by atoms with Gasteiger partial charge < -0.3 is 11.5 Å². The number of benzene rings is 1. The van der Waals surface area contributed by atoms with Gasteiger partial charge in [0, 0.05) is 35.1 Å². The average Bonchev–Trinajstić information content (AvgIpc) is 3.12. The largest absolute Gasteiger partial charge is 0.382 e. The standard InChI is InChI=1S/C22H26N6O2S/c1-13-6-7-16(31(29,30)28-19-5-3-4-18(19)23)11-17(13)20-12-26-22(24)21(27-20)15-8-9-25-14(2)10-15/h6-12,18-19,28H,3-5,23H2,1-2H3,(H2,24,26). The number of nitrogens with two attached hydrogens (primary N) is 2. The van der Waals surface area contributed by atoms with E-state index in [1.165, 1.54) is 0 Å². The summed E-state index contributed by atoms with van der Waals surface area (Å²) >= 11 is 0. The van der Waals surface area contributed by atoms with E-state index in [0.29, 0.717) is 22.8 Å². The maximum absolute atomic E-state index is 13.0. The van der Waals surface area contributed by atoms with E-state index in [-0.39, 0.29) is 17.0 Å². The van der Waals surface area contributed by atoms with Gasteiger partial charge in [-0.2, -0.15) is 0 Å². The van der Waals surface area contributed by atoms with Gasteiger partial charge in [-0.05, 0) is 56.5 Å². The molecule has 0 amide bonds. The lowest BCUT2D eigenvalue weighted by Crippen LogP contribution is -2.43. The molecule has 1 fully saturated rings. The first kappa shape index (κ1) is 21.4. The zero-order chi connectivity index (χ0) is 22.2. The van der Waals surface area contributed by atoms with Gasteiger partial charge in [-0.3, -0.25) is 4.98 Å². The summed E-state index contributed by atoms with van der Waals surface area (Å²) in [5, 5.41) is 0. The van der Waals surface area contributed by atoms with E-state index in [9.17, 15) is 8.42 Å². The zero-order valence-corrected chi connectivity index (χ0v) is 18.4. The second-order valence-electron chi connectivity index (χ2n) is 7.97. The summed E-state index contributed by atoms with van der Waals surface area (Å²) in [6.45, 7) is 3.79. The molecule has 8 nitrogen and oxygen atoms in total. The average molecular weight is 439 g/mol. The number of anilines is 1. The molecule has 9 heteroatoms. The fourth-order valence-corrected chi connectivity index (χ4v) is 5.23. The molecule has 5 N–H and O–H groups in total. The van der Waals surface area contributed by atoms with Gasteiger partial charge in [0.1, 0.15) is 11.5 Å². The first-order chi connectivity index (χ1) is 14.7. The molecule has 1 aliphatic carbocycles. The van der Waals surface area contributed by atoms with Gasteiger partial charge in [0.05, 0.1) is 16.8 Å². The third-order valence-corrected chi connectivity index (χ3v) is 7.13. The number of nitrogens with one attached hydrogen (secondary N) is 1. The van der Waals surface area contributed by atoms with Crippen LogP contribution in [-0.2, 0) is 10.0 Å². The summed E-state index contributed by atoms with van der Waals surface area (Å²) < 4.78 is 28.7. The number of aromatic nitrogens is 3. The van der Waals surface area contributed by atoms with Crippen molar-refractivity contribution in [1.29, 1.82) is 0 Å². The zero-order valence-electron chi connectivity index (χ0n) is 17.5. The second kappa shape index (κ2) is 8.33. The molecule has 4 rings (SSSR count). The maximum atomic E-state index is 13.0. The van der Waals surface area contributed by atoms with Crippen LogP contribution >= 0.6 is 0 Å². The molecular weight excluding hydrogens is 412 g/mol. The number of hydrogen-bond donors (Lipinski definition) is 3. The summed E-state index contributed by atoms with van der Waals surface area (Å²) in [4.78, 5) is 13.4. The van der Waals surface area contributed by atoms with Crippen LogP contribution in [-0.4, -0.2) is 35.5 Å². The normalized spacial score (nSPS) is 18.9. The summed E-state index contributed by atoms with van der Waals surface area (Å²) in [6, 6.07) is 8.29. The van der Waals surface area contributed by atoms with Gasteiger partial charge in [0.25, 0.3) is 0 Å². The predicted octanol–water partition coefficient (Wildman–Crippen LogP) is 2.56. The van der Waals surface area contributed by atoms with E-state index >= 15 is 0 Å². The van der Waals surface area contributed by atoms with Gasteiger partial charge in [-0.25, -0.2) is 23.1 Å². The molecule has 1 saturated carbocycles. The fourth-order valence-electron chi connectivity index (χ4n) is 3.88. The molecule has 2 aromatic heterocycles. The number of nitrogen functional groups attached to an aromatic ring is 1. The highest BCUT2D eigenvalue weighted by molar-refractivity contribution is 7.89. The second-order valence-corrected chi connectivity index (χ2v) is 9.69. The lowest BCUT2D eigenvalue weighted by Gasteiger charge is -2.18. The van der Waals surface area contributed by atoms with E-state index < -0.39 is 10.0 Å². The Morgan fingerprint density at radius 1 is 1.10 bits per heavy atom. The van der Waals surface area contributed by atoms with Crippen molar-refractivity contribution in [3.63, 3.8) is 0 Å². The van der Waals surface area contributed by atoms with Gasteiger partial charge in [0.15, 0.2) is 0 Å². The number of rotatable bonds is 5. The molecule has 0 radical (unpaired) electrons. The summed E-state index contributed by atoms with van der Waals surface area (Å²) in [5.74, 6) is 0.299. The molecule has 0 bridgehead atoms. The van der Waals surface area contributed by atoms with Crippen molar-refractivity contribution in [3.05, 3.63) is 54.0 Å². The van der Waals surface area contributed by atoms with Crippen LogP contribution in [0.25, 0.3) is 22.5 Å². The van der Waals surface area contributed by atoms with E-state index in [1.807, 2.05) is 26.0 Å². The number of nitrogens with zero attached hydrogens (tertiary/aromatic N) is 3. The number of hydrogen-bond acceptors (Lipinski definition) is 7. The van der Waals surface area contributed by atoms with Crippen molar-refractivity contribution in [3.8, 4) is 22.5 Å². The van der Waals surface area contributed by atoms with Crippen molar-refractivity contribution >= 4 is 15.8 Å². The third kappa shape index (κ3) is 4.43. The van der Waals surface area contributed by atoms with E-state index in [2.05, 4.69) is 14.7 Å². The Bertz CT molecular complexity index is 1230. The van der Waals surface area contributed by atoms with Gasteiger partial charge in [-0.1, -0.05) is 12.5 Å². The van der Waals surface area contributed by atoms with E-state index in [1.54, 1.807) is 30.6 Å². The van der Waals surface area contributed by atoms with Gasteiger partial charge in [0.2, 0.25) is 10.0 Å². The molecule has 0 spiro atoms. The van der Waals surface area contributed by atoms with E-state index in [0.717, 1.165) is 36.1 Å². The van der Waals surface area contributed by atoms with Crippen molar-refractivity contribution < 1.29 is 8.42 Å². The van der Waals surface area contributed by atoms with Crippen LogP contribution in [0.15, 0.2) is 47.6 Å². The molecule has 2 unspecified atom stereocenters. The van der Waals surface area contributed by atoms with Crippen LogP contribution < -0.4 is 16.2 Å². The van der Waals surface area contributed by atoms with Gasteiger partial charge in [-0.15, -0.1) is 0 Å². The van der Waals surface area contributed by atoms with Crippen LogP contribution in [0, 0.1) is 13.8 Å². The van der Waals surface area contributed by atoms with Crippen molar-refractivity contribution in [2.75, 3.05) is 5.73 Å². The third-order valence-electron chi connectivity index (χ3n) is 5.64. The fraction of sp³-hybridized carbons (Fsp3) is 0.318. The predicted molar refractivity (Wildman–Crippen MR) is 121 cm³/mol.